The number of nitrogens with zero attached hydrogens (tertiary/aromatic N) is 1. The van der Waals surface area contributed by atoms with Gasteiger partial charge in [0.2, 0.25) is 0 Å². The van der Waals surface area contributed by atoms with Crippen molar-refractivity contribution in [3.05, 3.63) is 37.8 Å². The number of nitro groups is 1. The number of methoxy groups -OCH3 is 1. The number of halogens is 1. The van der Waals surface area contributed by atoms with E-state index in [1.807, 2.05) is 0 Å². The van der Waals surface area contributed by atoms with Crippen LogP contribution in [0.3, 0.4) is 0 Å². The number of ether oxygens (including phenoxy) is 1. The molecule has 0 radical (unpaired) electrons. The van der Waals surface area contributed by atoms with Crippen molar-refractivity contribution in [3.8, 4) is 0 Å². The fourth-order valence-electron chi connectivity index (χ4n) is 1.13. The number of aryl methyl sites for hydroxylation is 1. The molecule has 0 fully saturated rings. The molecule has 0 atom stereocenters. The highest BCUT2D eigenvalue weighted by Crippen LogP contribution is 2.28. The number of hydrogen-bond acceptors (Lipinski definition) is 4. The van der Waals surface area contributed by atoms with Gasteiger partial charge in [0.15, 0.2) is 0 Å². The van der Waals surface area contributed by atoms with E-state index in [1.165, 1.54) is 19.2 Å². The van der Waals surface area contributed by atoms with Crippen molar-refractivity contribution in [2.45, 2.75) is 6.92 Å². The van der Waals surface area contributed by atoms with Gasteiger partial charge in [-0.3, -0.25) is 10.1 Å². The maximum atomic E-state index is 11.3. The van der Waals surface area contributed by atoms with Gasteiger partial charge in [-0.25, -0.2) is 4.79 Å². The minimum absolute atomic E-state index is 0.152. The fourth-order valence-corrected chi connectivity index (χ4v) is 1.73. The van der Waals surface area contributed by atoms with E-state index in [0.29, 0.717) is 10.0 Å². The molecule has 0 aromatic heterocycles. The summed E-state index contributed by atoms with van der Waals surface area (Å²) >= 11 is 3.06. The second kappa shape index (κ2) is 4.39. The standard InChI is InChI=1S/C9H8BrNO4/c1-5-3-7(10)8(11(13)14)4-6(5)9(12)15-2/h3-4H,1-2H3. The molecular weight excluding hydrogens is 266 g/mol. The van der Waals surface area contributed by atoms with Crippen LogP contribution in [0.2, 0.25) is 0 Å². The summed E-state index contributed by atoms with van der Waals surface area (Å²) in [5, 5.41) is 10.6. The average Bonchev–Trinajstić information content (AvgIpc) is 2.16. The minimum Gasteiger partial charge on any atom is -0.465 e. The first-order chi connectivity index (χ1) is 6.97. The van der Waals surface area contributed by atoms with E-state index < -0.39 is 10.9 Å². The van der Waals surface area contributed by atoms with Crippen LogP contribution in [0.15, 0.2) is 16.6 Å². The van der Waals surface area contributed by atoms with Crippen LogP contribution >= 0.6 is 15.9 Å². The Morgan fingerprint density at radius 1 is 1.53 bits per heavy atom. The number of hydrogen-bond donors (Lipinski definition) is 0. The fraction of sp³-hybridized carbons (Fsp3) is 0.222. The molecule has 5 nitrogen and oxygen atoms in total. The zero-order valence-corrected chi connectivity index (χ0v) is 9.70. The van der Waals surface area contributed by atoms with Crippen LogP contribution in [-0.2, 0) is 4.74 Å². The van der Waals surface area contributed by atoms with Crippen LogP contribution in [0.25, 0.3) is 0 Å². The summed E-state index contributed by atoms with van der Waals surface area (Å²) in [6, 6.07) is 2.72. The van der Waals surface area contributed by atoms with Gasteiger partial charge in [-0.2, -0.15) is 0 Å². The molecule has 0 saturated carbocycles. The molecule has 80 valence electrons. The Morgan fingerprint density at radius 2 is 2.13 bits per heavy atom. The largest absolute Gasteiger partial charge is 0.465 e. The molecule has 0 N–H and O–H groups in total. The monoisotopic (exact) mass is 273 g/mol. The summed E-state index contributed by atoms with van der Waals surface area (Å²) in [4.78, 5) is 21.3. The van der Waals surface area contributed by atoms with E-state index >= 15 is 0 Å². The Balaban J connectivity index is 3.36. The zero-order valence-electron chi connectivity index (χ0n) is 8.11. The molecule has 0 spiro atoms. The predicted octanol–water partition coefficient (Wildman–Crippen LogP) is 2.45. The van der Waals surface area contributed by atoms with Gasteiger partial charge in [0.25, 0.3) is 5.69 Å². The second-order valence-corrected chi connectivity index (χ2v) is 3.72. The highest BCUT2D eigenvalue weighted by atomic mass is 79.9. The van der Waals surface area contributed by atoms with E-state index in [0.717, 1.165) is 0 Å². The Bertz CT molecular complexity index is 430. The number of esters is 1. The third-order valence-corrected chi connectivity index (χ3v) is 2.53. The van der Waals surface area contributed by atoms with Gasteiger partial charge < -0.3 is 4.74 Å². The summed E-state index contributed by atoms with van der Waals surface area (Å²) in [5.41, 5.74) is 0.674. The van der Waals surface area contributed by atoms with Crippen molar-refractivity contribution in [2.75, 3.05) is 7.11 Å². The molecule has 15 heavy (non-hydrogen) atoms. The quantitative estimate of drug-likeness (QED) is 0.472. The average molecular weight is 274 g/mol. The molecule has 0 amide bonds. The van der Waals surface area contributed by atoms with Crippen molar-refractivity contribution >= 4 is 27.6 Å². The van der Waals surface area contributed by atoms with Crippen LogP contribution in [0.1, 0.15) is 15.9 Å². The molecule has 1 aromatic rings. The number of carbonyl (C=O) groups excluding carboxylic acids is 1. The maximum absolute atomic E-state index is 11.3. The molecule has 0 aliphatic carbocycles. The van der Waals surface area contributed by atoms with Crippen LogP contribution < -0.4 is 0 Å². The Hall–Kier alpha value is -1.43. The van der Waals surface area contributed by atoms with Gasteiger partial charge in [-0.1, -0.05) is 0 Å². The van der Waals surface area contributed by atoms with E-state index in [2.05, 4.69) is 20.7 Å². The molecule has 0 aliphatic heterocycles. The smallest absolute Gasteiger partial charge is 0.338 e. The van der Waals surface area contributed by atoms with Crippen molar-refractivity contribution in [1.29, 1.82) is 0 Å². The number of rotatable bonds is 2. The van der Waals surface area contributed by atoms with Gasteiger partial charge in [0.1, 0.15) is 0 Å². The summed E-state index contributed by atoms with van der Waals surface area (Å²) in [6.07, 6.45) is 0. The van der Waals surface area contributed by atoms with Crippen molar-refractivity contribution in [2.24, 2.45) is 0 Å². The first-order valence-electron chi connectivity index (χ1n) is 4.00. The van der Waals surface area contributed by atoms with Crippen LogP contribution in [0.5, 0.6) is 0 Å². The highest BCUT2D eigenvalue weighted by molar-refractivity contribution is 9.10. The van der Waals surface area contributed by atoms with Gasteiger partial charge in [0.05, 0.1) is 22.1 Å². The molecule has 1 aromatic carbocycles. The number of benzene rings is 1. The Kier molecular flexibility index (Phi) is 3.41. The molecule has 0 heterocycles. The van der Waals surface area contributed by atoms with E-state index in [4.69, 9.17) is 0 Å². The normalized spacial score (nSPS) is 9.80. The summed E-state index contributed by atoms with van der Waals surface area (Å²) in [7, 11) is 1.23. The lowest BCUT2D eigenvalue weighted by Crippen LogP contribution is -2.05. The lowest BCUT2D eigenvalue weighted by atomic mass is 10.1. The molecule has 6 heteroatoms. The third kappa shape index (κ3) is 2.33. The lowest BCUT2D eigenvalue weighted by molar-refractivity contribution is -0.385. The molecule has 0 bridgehead atoms. The van der Waals surface area contributed by atoms with Crippen molar-refractivity contribution in [1.82, 2.24) is 0 Å². The Labute approximate surface area is 94.3 Å². The first kappa shape index (κ1) is 11.6. The van der Waals surface area contributed by atoms with Gasteiger partial charge in [0, 0.05) is 6.07 Å². The summed E-state index contributed by atoms with van der Waals surface area (Å²) < 4.78 is 4.86. The third-order valence-electron chi connectivity index (χ3n) is 1.90. The summed E-state index contributed by atoms with van der Waals surface area (Å²) in [6.45, 7) is 1.68. The van der Waals surface area contributed by atoms with Crippen molar-refractivity contribution in [3.63, 3.8) is 0 Å². The minimum atomic E-state index is -0.580. The van der Waals surface area contributed by atoms with E-state index in [9.17, 15) is 14.9 Å². The van der Waals surface area contributed by atoms with Crippen LogP contribution in [0.4, 0.5) is 5.69 Å². The van der Waals surface area contributed by atoms with Gasteiger partial charge in [-0.05, 0) is 34.5 Å². The van der Waals surface area contributed by atoms with E-state index in [-0.39, 0.29) is 11.3 Å². The molecule has 1 rings (SSSR count). The Morgan fingerprint density at radius 3 is 2.60 bits per heavy atom. The van der Waals surface area contributed by atoms with Gasteiger partial charge >= 0.3 is 5.97 Å². The lowest BCUT2D eigenvalue weighted by Gasteiger charge is -2.04. The molecule has 0 saturated heterocycles. The zero-order chi connectivity index (χ0) is 11.6. The van der Waals surface area contributed by atoms with Crippen molar-refractivity contribution < 1.29 is 14.5 Å². The van der Waals surface area contributed by atoms with Crippen LogP contribution in [-0.4, -0.2) is 18.0 Å². The molecule has 0 aliphatic rings. The second-order valence-electron chi connectivity index (χ2n) is 2.87. The highest BCUT2D eigenvalue weighted by Gasteiger charge is 2.18. The maximum Gasteiger partial charge on any atom is 0.338 e. The SMILES string of the molecule is COC(=O)c1cc([N+](=O)[O-])c(Br)cc1C. The first-order valence-corrected chi connectivity index (χ1v) is 4.79. The van der Waals surface area contributed by atoms with E-state index in [1.54, 1.807) is 6.92 Å². The number of nitro benzene ring substituents is 1. The topological polar surface area (TPSA) is 69.4 Å². The van der Waals surface area contributed by atoms with Crippen LogP contribution in [0, 0.1) is 17.0 Å². The molecular formula is C9H8BrNO4. The molecule has 0 unspecified atom stereocenters. The van der Waals surface area contributed by atoms with Gasteiger partial charge in [-0.15, -0.1) is 0 Å². The predicted molar refractivity (Wildman–Crippen MR) is 56.9 cm³/mol. The number of carbonyl (C=O) groups is 1. The summed E-state index contributed by atoms with van der Waals surface area (Å²) in [5.74, 6) is -0.580.